The molecule has 2 N–H and O–H groups in total. The molecule has 176 valence electrons. The summed E-state index contributed by atoms with van der Waals surface area (Å²) in [4.78, 5) is 31.0. The van der Waals surface area contributed by atoms with Crippen LogP contribution < -0.4 is 4.74 Å². The predicted molar refractivity (Wildman–Crippen MR) is 130 cm³/mol. The second kappa shape index (κ2) is 9.10. The first kappa shape index (κ1) is 22.4. The average Bonchev–Trinajstić information content (AvgIpc) is 3.41. The first-order valence-corrected chi connectivity index (χ1v) is 11.2. The fourth-order valence-electron chi connectivity index (χ4n) is 4.59. The van der Waals surface area contributed by atoms with Crippen LogP contribution in [0.2, 0.25) is 0 Å². The molecule has 0 spiro atoms. The number of carbonyl (C=O) groups excluding carboxylic acids is 2. The number of ether oxygens (including phenoxy) is 1. The number of hydrogen-bond donors (Lipinski definition) is 2. The molecule has 0 aliphatic carbocycles. The quantitative estimate of drug-likeness (QED) is 0.237. The Balaban J connectivity index is 1.55. The first-order chi connectivity index (χ1) is 17.0. The van der Waals surface area contributed by atoms with Crippen molar-refractivity contribution in [2.24, 2.45) is 0 Å². The van der Waals surface area contributed by atoms with Crippen molar-refractivity contribution in [3.63, 3.8) is 0 Å². The Morgan fingerprint density at radius 3 is 2.46 bits per heavy atom. The minimum Gasteiger partial charge on any atom is -0.507 e. The average molecular weight is 471 g/mol. The van der Waals surface area contributed by atoms with Gasteiger partial charge in [-0.25, -0.2) is 4.39 Å². The number of halogens is 1. The smallest absolute Gasteiger partial charge is 0.295 e. The number of rotatable bonds is 6. The number of methoxy groups -OCH3 is 1. The Labute approximate surface area is 201 Å². The lowest BCUT2D eigenvalue weighted by atomic mass is 9.95. The number of aliphatic hydroxyl groups is 1. The molecule has 1 fully saturated rings. The van der Waals surface area contributed by atoms with E-state index in [0.717, 1.165) is 16.5 Å². The summed E-state index contributed by atoms with van der Waals surface area (Å²) in [5.41, 5.74) is 2.90. The van der Waals surface area contributed by atoms with Gasteiger partial charge in [-0.2, -0.15) is 0 Å². The van der Waals surface area contributed by atoms with Gasteiger partial charge in [0.2, 0.25) is 0 Å². The van der Waals surface area contributed by atoms with E-state index in [1.807, 2.05) is 30.5 Å². The zero-order valence-corrected chi connectivity index (χ0v) is 19.0. The summed E-state index contributed by atoms with van der Waals surface area (Å²) < 4.78 is 18.8. The summed E-state index contributed by atoms with van der Waals surface area (Å²) in [5.74, 6) is -1.59. The fourth-order valence-corrected chi connectivity index (χ4v) is 4.59. The van der Waals surface area contributed by atoms with Crippen LogP contribution in [0.25, 0.3) is 16.7 Å². The van der Waals surface area contributed by atoms with Gasteiger partial charge in [-0.1, -0.05) is 30.3 Å². The van der Waals surface area contributed by atoms with Gasteiger partial charge < -0.3 is 19.7 Å². The number of aromatic amines is 1. The van der Waals surface area contributed by atoms with Crippen LogP contribution in [-0.2, 0) is 16.0 Å². The molecule has 1 unspecified atom stereocenters. The van der Waals surface area contributed by atoms with Crippen LogP contribution in [0.15, 0.2) is 84.6 Å². The molecule has 1 aliphatic heterocycles. The van der Waals surface area contributed by atoms with E-state index in [9.17, 15) is 19.1 Å². The lowest BCUT2D eigenvalue weighted by Gasteiger charge is -2.25. The van der Waals surface area contributed by atoms with Gasteiger partial charge in [-0.3, -0.25) is 9.59 Å². The SMILES string of the molecule is COc1ccc(/C(O)=C2\C(=O)C(=O)N(CCc3c[nH]c4ccccc34)C2c2ccc(F)cc2)cc1. The van der Waals surface area contributed by atoms with E-state index in [-0.39, 0.29) is 17.9 Å². The van der Waals surface area contributed by atoms with Crippen molar-refractivity contribution in [3.8, 4) is 5.75 Å². The Bertz CT molecular complexity index is 1440. The standard InChI is InChI=1S/C28H23FN2O4/c1-35-21-12-8-18(9-13-21)26(32)24-25(17-6-10-20(29)11-7-17)31(28(34)27(24)33)15-14-19-16-30-23-5-3-2-4-22(19)23/h2-13,16,25,30,32H,14-15H2,1H3/b26-24+. The topological polar surface area (TPSA) is 82.6 Å². The highest BCUT2D eigenvalue weighted by Crippen LogP contribution is 2.39. The maximum absolute atomic E-state index is 13.7. The minimum atomic E-state index is -0.845. The van der Waals surface area contributed by atoms with E-state index in [0.29, 0.717) is 23.3 Å². The van der Waals surface area contributed by atoms with E-state index >= 15 is 0 Å². The van der Waals surface area contributed by atoms with Crippen molar-refractivity contribution >= 4 is 28.4 Å². The van der Waals surface area contributed by atoms with Crippen molar-refractivity contribution in [2.45, 2.75) is 12.5 Å². The van der Waals surface area contributed by atoms with Crippen molar-refractivity contribution in [2.75, 3.05) is 13.7 Å². The van der Waals surface area contributed by atoms with Crippen molar-refractivity contribution in [1.82, 2.24) is 9.88 Å². The van der Waals surface area contributed by atoms with Crippen molar-refractivity contribution < 1.29 is 23.8 Å². The molecular formula is C28H23FN2O4. The first-order valence-electron chi connectivity index (χ1n) is 11.2. The number of ketones is 1. The van der Waals surface area contributed by atoms with Crippen molar-refractivity contribution in [1.29, 1.82) is 0 Å². The highest BCUT2D eigenvalue weighted by atomic mass is 19.1. The van der Waals surface area contributed by atoms with Crippen LogP contribution in [0, 0.1) is 5.82 Å². The lowest BCUT2D eigenvalue weighted by Crippen LogP contribution is -2.31. The number of carbonyl (C=O) groups is 2. The third-order valence-electron chi connectivity index (χ3n) is 6.39. The third kappa shape index (κ3) is 4.05. The summed E-state index contributed by atoms with van der Waals surface area (Å²) in [7, 11) is 1.53. The van der Waals surface area contributed by atoms with Gasteiger partial charge >= 0.3 is 0 Å². The molecule has 6 nitrogen and oxygen atoms in total. The van der Waals surface area contributed by atoms with Gasteiger partial charge in [0.1, 0.15) is 17.3 Å². The maximum atomic E-state index is 13.7. The Kier molecular flexibility index (Phi) is 5.82. The second-order valence-electron chi connectivity index (χ2n) is 8.38. The minimum absolute atomic E-state index is 0.0225. The fraction of sp³-hybridized carbons (Fsp3) is 0.143. The number of nitrogens with one attached hydrogen (secondary N) is 1. The van der Waals surface area contributed by atoms with Gasteiger partial charge in [0.15, 0.2) is 0 Å². The monoisotopic (exact) mass is 470 g/mol. The molecule has 5 rings (SSSR count). The van der Waals surface area contributed by atoms with E-state index in [2.05, 4.69) is 4.98 Å². The van der Waals surface area contributed by atoms with Crippen LogP contribution in [0.1, 0.15) is 22.7 Å². The summed E-state index contributed by atoms with van der Waals surface area (Å²) in [6.45, 7) is 0.244. The number of para-hydroxylation sites is 1. The molecule has 3 aromatic carbocycles. The second-order valence-corrected chi connectivity index (χ2v) is 8.38. The largest absolute Gasteiger partial charge is 0.507 e. The number of aliphatic hydroxyl groups excluding tert-OH is 1. The highest BCUT2D eigenvalue weighted by molar-refractivity contribution is 6.46. The van der Waals surface area contributed by atoms with E-state index in [1.165, 1.54) is 36.3 Å². The maximum Gasteiger partial charge on any atom is 0.295 e. The number of likely N-dealkylation sites (tertiary alicyclic amines) is 1. The van der Waals surface area contributed by atoms with Gasteiger partial charge in [0.05, 0.1) is 18.7 Å². The predicted octanol–water partition coefficient (Wildman–Crippen LogP) is 4.98. The van der Waals surface area contributed by atoms with E-state index < -0.39 is 23.5 Å². The zero-order valence-electron chi connectivity index (χ0n) is 19.0. The molecule has 2 heterocycles. The van der Waals surface area contributed by atoms with Crippen LogP contribution in [0.3, 0.4) is 0 Å². The molecular weight excluding hydrogens is 447 g/mol. The molecule has 4 aromatic rings. The number of nitrogens with zero attached hydrogens (tertiary/aromatic N) is 1. The third-order valence-corrected chi connectivity index (χ3v) is 6.39. The molecule has 0 saturated carbocycles. The lowest BCUT2D eigenvalue weighted by molar-refractivity contribution is -0.139. The number of fused-ring (bicyclic) bond motifs is 1. The number of hydrogen-bond acceptors (Lipinski definition) is 4. The zero-order chi connectivity index (χ0) is 24.5. The molecule has 0 radical (unpaired) electrons. The molecule has 1 saturated heterocycles. The normalized spacial score (nSPS) is 17.3. The Morgan fingerprint density at radius 1 is 1.03 bits per heavy atom. The summed E-state index contributed by atoms with van der Waals surface area (Å²) in [5, 5.41) is 12.2. The molecule has 0 bridgehead atoms. The molecule has 1 aromatic heterocycles. The summed E-state index contributed by atoms with van der Waals surface area (Å²) >= 11 is 0. The van der Waals surface area contributed by atoms with Crippen LogP contribution in [0.5, 0.6) is 5.75 Å². The summed E-state index contributed by atoms with van der Waals surface area (Å²) in [6, 6.07) is 19.2. The van der Waals surface area contributed by atoms with Gasteiger partial charge in [-0.05, 0) is 60.0 Å². The molecule has 1 aliphatic rings. The molecule has 1 atom stereocenters. The van der Waals surface area contributed by atoms with E-state index in [4.69, 9.17) is 4.74 Å². The van der Waals surface area contributed by atoms with Gasteiger partial charge in [-0.15, -0.1) is 0 Å². The van der Waals surface area contributed by atoms with Crippen LogP contribution in [0.4, 0.5) is 4.39 Å². The number of Topliss-reactive ketones (excluding diaryl/α,β-unsaturated/α-hetero) is 1. The number of benzene rings is 3. The molecule has 7 heteroatoms. The van der Waals surface area contributed by atoms with Gasteiger partial charge in [0, 0.05) is 29.2 Å². The number of amides is 1. The van der Waals surface area contributed by atoms with Crippen LogP contribution in [-0.4, -0.2) is 40.3 Å². The van der Waals surface area contributed by atoms with Crippen LogP contribution >= 0.6 is 0 Å². The number of aromatic nitrogens is 1. The summed E-state index contributed by atoms with van der Waals surface area (Å²) in [6.07, 6.45) is 2.39. The van der Waals surface area contributed by atoms with E-state index in [1.54, 1.807) is 24.3 Å². The van der Waals surface area contributed by atoms with Gasteiger partial charge in [0.25, 0.3) is 11.7 Å². The Hall–Kier alpha value is -4.39. The Morgan fingerprint density at radius 2 is 1.74 bits per heavy atom. The molecule has 1 amide bonds. The highest BCUT2D eigenvalue weighted by Gasteiger charge is 2.45. The number of H-pyrrole nitrogens is 1. The van der Waals surface area contributed by atoms with Crippen molar-refractivity contribution in [3.05, 3.63) is 107 Å². The molecule has 35 heavy (non-hydrogen) atoms.